The van der Waals surface area contributed by atoms with E-state index in [2.05, 4.69) is 9.88 Å². The number of H-pyrrole nitrogens is 1. The SMILES string of the molecule is COc1ccc(C(=O)Oc2cccc3[nH]cc(CCN(C)C)c23)c(OC)c1. The smallest absolute Gasteiger partial charge is 0.347 e. The molecule has 1 aromatic heterocycles. The first-order chi connectivity index (χ1) is 13.0. The minimum absolute atomic E-state index is 0.348. The van der Waals surface area contributed by atoms with Gasteiger partial charge in [0.05, 0.1) is 14.2 Å². The van der Waals surface area contributed by atoms with Crippen molar-refractivity contribution in [2.24, 2.45) is 0 Å². The van der Waals surface area contributed by atoms with Crippen LogP contribution in [0.25, 0.3) is 10.9 Å². The van der Waals surface area contributed by atoms with Gasteiger partial charge in [-0.05, 0) is 50.3 Å². The van der Waals surface area contributed by atoms with E-state index in [4.69, 9.17) is 14.2 Å². The topological polar surface area (TPSA) is 63.8 Å². The van der Waals surface area contributed by atoms with Crippen LogP contribution in [0.5, 0.6) is 17.2 Å². The minimum atomic E-state index is -0.471. The lowest BCUT2D eigenvalue weighted by atomic mass is 10.1. The number of fused-ring (bicyclic) bond motifs is 1. The second kappa shape index (κ2) is 8.14. The number of hydrogen-bond acceptors (Lipinski definition) is 5. The van der Waals surface area contributed by atoms with E-state index in [0.29, 0.717) is 22.8 Å². The van der Waals surface area contributed by atoms with Crippen LogP contribution in [0.4, 0.5) is 0 Å². The Hall–Kier alpha value is -2.99. The molecule has 0 aliphatic rings. The fourth-order valence-corrected chi connectivity index (χ4v) is 2.97. The maximum Gasteiger partial charge on any atom is 0.347 e. The molecule has 0 unspecified atom stereocenters. The summed E-state index contributed by atoms with van der Waals surface area (Å²) in [6.45, 7) is 0.904. The summed E-state index contributed by atoms with van der Waals surface area (Å²) in [6, 6.07) is 10.7. The van der Waals surface area contributed by atoms with Crippen LogP contribution in [0.2, 0.25) is 0 Å². The van der Waals surface area contributed by atoms with Gasteiger partial charge < -0.3 is 24.1 Å². The van der Waals surface area contributed by atoms with Crippen LogP contribution < -0.4 is 14.2 Å². The van der Waals surface area contributed by atoms with Crippen LogP contribution in [-0.4, -0.2) is 50.7 Å². The van der Waals surface area contributed by atoms with Crippen LogP contribution in [-0.2, 0) is 6.42 Å². The summed E-state index contributed by atoms with van der Waals surface area (Å²) in [4.78, 5) is 18.1. The quantitative estimate of drug-likeness (QED) is 0.511. The summed E-state index contributed by atoms with van der Waals surface area (Å²) in [7, 11) is 7.14. The lowest BCUT2D eigenvalue weighted by Gasteiger charge is -2.12. The molecule has 6 heteroatoms. The van der Waals surface area contributed by atoms with Crippen molar-refractivity contribution in [1.82, 2.24) is 9.88 Å². The van der Waals surface area contributed by atoms with Crippen molar-refractivity contribution in [2.45, 2.75) is 6.42 Å². The highest BCUT2D eigenvalue weighted by molar-refractivity contribution is 5.97. The van der Waals surface area contributed by atoms with Crippen molar-refractivity contribution in [3.8, 4) is 17.2 Å². The number of rotatable bonds is 7. The number of aromatic nitrogens is 1. The van der Waals surface area contributed by atoms with Crippen molar-refractivity contribution in [2.75, 3.05) is 34.9 Å². The molecule has 0 spiro atoms. The third-order valence-corrected chi connectivity index (χ3v) is 4.41. The number of carbonyl (C=O) groups is 1. The van der Waals surface area contributed by atoms with E-state index < -0.39 is 5.97 Å². The lowest BCUT2D eigenvalue weighted by molar-refractivity contribution is 0.0733. The Bertz CT molecular complexity index is 947. The fraction of sp³-hybridized carbons (Fsp3) is 0.286. The first-order valence-corrected chi connectivity index (χ1v) is 8.71. The van der Waals surface area contributed by atoms with Crippen LogP contribution in [0.1, 0.15) is 15.9 Å². The van der Waals surface area contributed by atoms with E-state index in [1.165, 1.54) is 7.11 Å². The summed E-state index contributed by atoms with van der Waals surface area (Å²) >= 11 is 0. The number of carbonyl (C=O) groups excluding carboxylic acids is 1. The van der Waals surface area contributed by atoms with Crippen LogP contribution in [0.15, 0.2) is 42.6 Å². The van der Waals surface area contributed by atoms with Gasteiger partial charge in [-0.3, -0.25) is 0 Å². The molecular weight excluding hydrogens is 344 g/mol. The first-order valence-electron chi connectivity index (χ1n) is 8.71. The van der Waals surface area contributed by atoms with Crippen molar-refractivity contribution in [3.63, 3.8) is 0 Å². The van der Waals surface area contributed by atoms with Gasteiger partial charge in [0.25, 0.3) is 0 Å². The van der Waals surface area contributed by atoms with Gasteiger partial charge in [0.2, 0.25) is 0 Å². The van der Waals surface area contributed by atoms with Gasteiger partial charge in [0.1, 0.15) is 22.8 Å². The van der Waals surface area contributed by atoms with Crippen molar-refractivity contribution in [1.29, 1.82) is 0 Å². The molecule has 0 amide bonds. The summed E-state index contributed by atoms with van der Waals surface area (Å²) in [5.41, 5.74) is 2.40. The minimum Gasteiger partial charge on any atom is -0.497 e. The molecule has 0 saturated carbocycles. The highest BCUT2D eigenvalue weighted by atomic mass is 16.5. The van der Waals surface area contributed by atoms with E-state index in [-0.39, 0.29) is 0 Å². The maximum absolute atomic E-state index is 12.8. The molecule has 0 aliphatic heterocycles. The molecule has 3 aromatic rings. The zero-order chi connectivity index (χ0) is 19.4. The lowest BCUT2D eigenvalue weighted by Crippen LogP contribution is -2.15. The average Bonchev–Trinajstić information content (AvgIpc) is 3.10. The zero-order valence-electron chi connectivity index (χ0n) is 16.0. The molecule has 1 heterocycles. The van der Waals surface area contributed by atoms with Gasteiger partial charge in [-0.2, -0.15) is 0 Å². The molecule has 6 nitrogen and oxygen atoms in total. The molecule has 1 N–H and O–H groups in total. The monoisotopic (exact) mass is 368 g/mol. The van der Waals surface area contributed by atoms with Gasteiger partial charge in [-0.25, -0.2) is 4.79 Å². The highest BCUT2D eigenvalue weighted by Gasteiger charge is 2.18. The van der Waals surface area contributed by atoms with E-state index in [1.54, 1.807) is 25.3 Å². The second-order valence-corrected chi connectivity index (χ2v) is 6.50. The first kappa shape index (κ1) is 18.8. The molecule has 0 atom stereocenters. The van der Waals surface area contributed by atoms with Crippen molar-refractivity contribution < 1.29 is 19.0 Å². The van der Waals surface area contributed by atoms with E-state index in [1.807, 2.05) is 38.5 Å². The number of nitrogens with one attached hydrogen (secondary N) is 1. The molecular formula is C21H24N2O4. The molecule has 0 bridgehead atoms. The Labute approximate surface area is 158 Å². The summed E-state index contributed by atoms with van der Waals surface area (Å²) in [5, 5.41) is 0.931. The average molecular weight is 368 g/mol. The number of benzene rings is 2. The molecule has 0 aliphatic carbocycles. The Kier molecular flexibility index (Phi) is 5.66. The van der Waals surface area contributed by atoms with Crippen LogP contribution in [0, 0.1) is 0 Å². The van der Waals surface area contributed by atoms with Gasteiger partial charge in [-0.15, -0.1) is 0 Å². The molecule has 3 rings (SSSR count). The van der Waals surface area contributed by atoms with Gasteiger partial charge in [-0.1, -0.05) is 6.07 Å². The van der Waals surface area contributed by atoms with E-state index >= 15 is 0 Å². The Balaban J connectivity index is 1.92. The number of methoxy groups -OCH3 is 2. The Morgan fingerprint density at radius 1 is 1.07 bits per heavy atom. The number of ether oxygens (including phenoxy) is 3. The normalized spacial score (nSPS) is 11.0. The zero-order valence-corrected chi connectivity index (χ0v) is 16.0. The van der Waals surface area contributed by atoms with Crippen LogP contribution in [0.3, 0.4) is 0 Å². The third kappa shape index (κ3) is 4.06. The number of nitrogens with zero attached hydrogens (tertiary/aromatic N) is 1. The molecule has 0 radical (unpaired) electrons. The molecule has 142 valence electrons. The van der Waals surface area contributed by atoms with Crippen LogP contribution >= 0.6 is 0 Å². The Morgan fingerprint density at radius 3 is 2.59 bits per heavy atom. The van der Waals surface area contributed by atoms with E-state index in [0.717, 1.165) is 29.4 Å². The number of esters is 1. The standard InChI is InChI=1S/C21H24N2O4/c1-23(2)11-10-14-13-22-17-6-5-7-18(20(14)17)27-21(24)16-9-8-15(25-3)12-19(16)26-4/h5-9,12-13,22H,10-11H2,1-4H3. The number of aromatic amines is 1. The number of hydrogen-bond donors (Lipinski definition) is 1. The molecule has 0 saturated heterocycles. The molecule has 0 fully saturated rings. The van der Waals surface area contributed by atoms with Crippen molar-refractivity contribution >= 4 is 16.9 Å². The summed E-state index contributed by atoms with van der Waals surface area (Å²) in [6.07, 6.45) is 2.83. The summed E-state index contributed by atoms with van der Waals surface area (Å²) in [5.74, 6) is 1.09. The summed E-state index contributed by atoms with van der Waals surface area (Å²) < 4.78 is 16.2. The van der Waals surface area contributed by atoms with Gasteiger partial charge in [0.15, 0.2) is 0 Å². The Morgan fingerprint density at radius 2 is 1.89 bits per heavy atom. The number of likely N-dealkylation sites (N-methyl/N-ethyl adjacent to an activating group) is 1. The molecule has 2 aromatic carbocycles. The maximum atomic E-state index is 12.8. The predicted octanol–water partition coefficient (Wildman–Crippen LogP) is 3.51. The van der Waals surface area contributed by atoms with E-state index in [9.17, 15) is 4.79 Å². The van der Waals surface area contributed by atoms with Gasteiger partial charge in [0, 0.05) is 29.7 Å². The van der Waals surface area contributed by atoms with Gasteiger partial charge >= 0.3 is 5.97 Å². The largest absolute Gasteiger partial charge is 0.497 e. The second-order valence-electron chi connectivity index (χ2n) is 6.50. The third-order valence-electron chi connectivity index (χ3n) is 4.41. The highest BCUT2D eigenvalue weighted by Crippen LogP contribution is 2.31. The predicted molar refractivity (Wildman–Crippen MR) is 105 cm³/mol. The van der Waals surface area contributed by atoms with Crippen molar-refractivity contribution in [3.05, 3.63) is 53.7 Å². The fourth-order valence-electron chi connectivity index (χ4n) is 2.97. The molecule has 27 heavy (non-hydrogen) atoms.